The van der Waals surface area contributed by atoms with Gasteiger partial charge >= 0.3 is 0 Å². The van der Waals surface area contributed by atoms with E-state index in [-0.39, 0.29) is 12.6 Å². The summed E-state index contributed by atoms with van der Waals surface area (Å²) in [4.78, 5) is 13.2. The number of benzene rings is 1. The van der Waals surface area contributed by atoms with Crippen molar-refractivity contribution < 1.29 is 9.90 Å². The molecule has 0 saturated heterocycles. The van der Waals surface area contributed by atoms with Gasteiger partial charge in [0.1, 0.15) is 6.29 Å². The normalized spacial score (nSPS) is 19.3. The van der Waals surface area contributed by atoms with Crippen molar-refractivity contribution in [2.45, 2.75) is 25.3 Å². The number of aliphatic hydroxyl groups is 1. The molecule has 3 heteroatoms. The first kappa shape index (κ1) is 11.1. The van der Waals surface area contributed by atoms with Crippen LogP contribution in [0.1, 0.15) is 18.4 Å². The Morgan fingerprint density at radius 3 is 3.00 bits per heavy atom. The van der Waals surface area contributed by atoms with Gasteiger partial charge in [-0.1, -0.05) is 18.2 Å². The van der Waals surface area contributed by atoms with Gasteiger partial charge in [0.15, 0.2) is 0 Å². The van der Waals surface area contributed by atoms with Crippen molar-refractivity contribution in [1.82, 2.24) is 0 Å². The largest absolute Gasteiger partial charge is 0.396 e. The number of aryl methyl sites for hydroxylation is 1. The van der Waals surface area contributed by atoms with E-state index in [4.69, 9.17) is 5.11 Å². The number of fused-ring (bicyclic) bond motifs is 1. The molecule has 1 aliphatic rings. The van der Waals surface area contributed by atoms with Gasteiger partial charge in [0, 0.05) is 18.8 Å². The van der Waals surface area contributed by atoms with Crippen LogP contribution in [0.15, 0.2) is 24.3 Å². The molecular formula is C13H17NO2. The van der Waals surface area contributed by atoms with Gasteiger partial charge in [-0.15, -0.1) is 0 Å². The second-order valence-electron chi connectivity index (χ2n) is 4.14. The topological polar surface area (TPSA) is 40.5 Å². The molecule has 0 saturated carbocycles. The van der Waals surface area contributed by atoms with Crippen LogP contribution < -0.4 is 4.90 Å². The average molecular weight is 219 g/mol. The molecule has 1 heterocycles. The van der Waals surface area contributed by atoms with Crippen molar-refractivity contribution in [3.05, 3.63) is 29.8 Å². The first-order chi connectivity index (χ1) is 7.86. The lowest BCUT2D eigenvalue weighted by Gasteiger charge is -2.36. The maximum Gasteiger partial charge on any atom is 0.142 e. The lowest BCUT2D eigenvalue weighted by Crippen LogP contribution is -2.41. The molecule has 0 aromatic heterocycles. The van der Waals surface area contributed by atoms with Crippen LogP contribution >= 0.6 is 0 Å². The van der Waals surface area contributed by atoms with Crippen molar-refractivity contribution in [1.29, 1.82) is 0 Å². The molecule has 1 aliphatic heterocycles. The van der Waals surface area contributed by atoms with Gasteiger partial charge in [-0.05, 0) is 30.9 Å². The first-order valence-corrected chi connectivity index (χ1v) is 5.77. The number of hydrogen-bond acceptors (Lipinski definition) is 3. The molecule has 1 N–H and O–H groups in total. The van der Waals surface area contributed by atoms with Crippen molar-refractivity contribution >= 4 is 12.0 Å². The highest BCUT2D eigenvalue weighted by atomic mass is 16.3. The summed E-state index contributed by atoms with van der Waals surface area (Å²) in [5, 5.41) is 8.89. The van der Waals surface area contributed by atoms with E-state index in [0.29, 0.717) is 6.42 Å². The second-order valence-corrected chi connectivity index (χ2v) is 4.14. The summed E-state index contributed by atoms with van der Waals surface area (Å²) in [6.45, 7) is 0.918. The minimum absolute atomic E-state index is 0.0264. The fourth-order valence-corrected chi connectivity index (χ4v) is 2.31. The van der Waals surface area contributed by atoms with E-state index in [1.54, 1.807) is 0 Å². The van der Waals surface area contributed by atoms with Crippen LogP contribution in [0.3, 0.4) is 0 Å². The molecule has 86 valence electrons. The van der Waals surface area contributed by atoms with Crippen molar-refractivity contribution in [2.75, 3.05) is 18.1 Å². The lowest BCUT2D eigenvalue weighted by molar-refractivity contribution is -0.109. The summed E-state index contributed by atoms with van der Waals surface area (Å²) in [7, 11) is 0. The maximum atomic E-state index is 11.0. The van der Waals surface area contributed by atoms with Crippen molar-refractivity contribution in [2.24, 2.45) is 0 Å². The van der Waals surface area contributed by atoms with Crippen LogP contribution in [-0.4, -0.2) is 30.6 Å². The lowest BCUT2D eigenvalue weighted by atomic mass is 9.96. The Morgan fingerprint density at radius 1 is 1.44 bits per heavy atom. The Hall–Kier alpha value is -1.35. The average Bonchev–Trinajstić information content (AvgIpc) is 2.35. The Kier molecular flexibility index (Phi) is 3.57. The van der Waals surface area contributed by atoms with Gasteiger partial charge in [-0.2, -0.15) is 0 Å². The molecule has 0 spiro atoms. The number of aldehydes is 1. The summed E-state index contributed by atoms with van der Waals surface area (Å²) < 4.78 is 0. The third-order valence-corrected chi connectivity index (χ3v) is 3.13. The number of rotatable bonds is 4. The molecule has 1 atom stereocenters. The van der Waals surface area contributed by atoms with E-state index in [0.717, 1.165) is 31.4 Å². The maximum absolute atomic E-state index is 11.0. The van der Waals surface area contributed by atoms with Crippen LogP contribution in [0.25, 0.3) is 0 Å². The summed E-state index contributed by atoms with van der Waals surface area (Å²) in [6.07, 6.45) is 3.58. The minimum Gasteiger partial charge on any atom is -0.396 e. The van der Waals surface area contributed by atoms with E-state index in [1.165, 1.54) is 5.56 Å². The molecule has 2 rings (SSSR count). The zero-order chi connectivity index (χ0) is 11.4. The van der Waals surface area contributed by atoms with Crippen molar-refractivity contribution in [3.8, 4) is 0 Å². The molecular weight excluding hydrogens is 202 g/mol. The highest BCUT2D eigenvalue weighted by molar-refractivity contribution is 5.69. The SMILES string of the molecule is O=CC1CCc2ccccc2N1CCCO. The third-order valence-electron chi connectivity index (χ3n) is 3.13. The van der Waals surface area contributed by atoms with Gasteiger partial charge in [0.2, 0.25) is 0 Å². The summed E-state index contributed by atoms with van der Waals surface area (Å²) in [6, 6.07) is 8.17. The Bertz CT molecular complexity index is 365. The molecule has 3 nitrogen and oxygen atoms in total. The number of nitrogens with zero attached hydrogens (tertiary/aromatic N) is 1. The van der Waals surface area contributed by atoms with Crippen molar-refractivity contribution in [3.63, 3.8) is 0 Å². The quantitative estimate of drug-likeness (QED) is 0.778. The van der Waals surface area contributed by atoms with E-state index < -0.39 is 0 Å². The number of aliphatic hydroxyl groups excluding tert-OH is 1. The van der Waals surface area contributed by atoms with Gasteiger partial charge in [-0.25, -0.2) is 0 Å². The van der Waals surface area contributed by atoms with E-state index in [2.05, 4.69) is 17.0 Å². The Morgan fingerprint density at radius 2 is 2.25 bits per heavy atom. The molecule has 0 amide bonds. The molecule has 0 aliphatic carbocycles. The Labute approximate surface area is 95.7 Å². The van der Waals surface area contributed by atoms with Gasteiger partial charge in [0.05, 0.1) is 6.04 Å². The van der Waals surface area contributed by atoms with Crippen LogP contribution in [-0.2, 0) is 11.2 Å². The third kappa shape index (κ3) is 2.09. The van der Waals surface area contributed by atoms with Crippen LogP contribution in [0.5, 0.6) is 0 Å². The van der Waals surface area contributed by atoms with E-state index >= 15 is 0 Å². The number of carbonyl (C=O) groups is 1. The molecule has 16 heavy (non-hydrogen) atoms. The molecule has 1 aromatic carbocycles. The van der Waals surface area contributed by atoms with Gasteiger partial charge in [-0.3, -0.25) is 0 Å². The van der Waals surface area contributed by atoms with Gasteiger partial charge < -0.3 is 14.8 Å². The van der Waals surface area contributed by atoms with E-state index in [1.807, 2.05) is 12.1 Å². The summed E-state index contributed by atoms with van der Waals surface area (Å²) >= 11 is 0. The van der Waals surface area contributed by atoms with Gasteiger partial charge in [0.25, 0.3) is 0 Å². The first-order valence-electron chi connectivity index (χ1n) is 5.77. The molecule has 0 radical (unpaired) electrons. The predicted molar refractivity (Wildman–Crippen MR) is 63.7 cm³/mol. The predicted octanol–water partition coefficient (Wildman–Crippen LogP) is 1.39. The molecule has 1 unspecified atom stereocenters. The highest BCUT2D eigenvalue weighted by Gasteiger charge is 2.24. The number of hydrogen-bond donors (Lipinski definition) is 1. The number of carbonyl (C=O) groups excluding carboxylic acids is 1. The minimum atomic E-state index is -0.0264. The van der Waals surface area contributed by atoms with E-state index in [9.17, 15) is 4.79 Å². The second kappa shape index (κ2) is 5.12. The smallest absolute Gasteiger partial charge is 0.142 e. The van der Waals surface area contributed by atoms with Crippen LogP contribution in [0.4, 0.5) is 5.69 Å². The summed E-state index contributed by atoms with van der Waals surface area (Å²) in [5.74, 6) is 0. The monoisotopic (exact) mass is 219 g/mol. The summed E-state index contributed by atoms with van der Waals surface area (Å²) in [5.41, 5.74) is 2.46. The fourth-order valence-electron chi connectivity index (χ4n) is 2.31. The number of para-hydroxylation sites is 1. The zero-order valence-electron chi connectivity index (χ0n) is 9.30. The van der Waals surface area contributed by atoms with Crippen LogP contribution in [0, 0.1) is 0 Å². The number of anilines is 1. The zero-order valence-corrected chi connectivity index (χ0v) is 9.30. The standard InChI is InChI=1S/C13H17NO2/c15-9-3-8-14-12(10-16)7-6-11-4-1-2-5-13(11)14/h1-2,4-5,10,12,15H,3,6-9H2. The van der Waals surface area contributed by atoms with Crippen LogP contribution in [0.2, 0.25) is 0 Å². The highest BCUT2D eigenvalue weighted by Crippen LogP contribution is 2.29. The fraction of sp³-hybridized carbons (Fsp3) is 0.462. The Balaban J connectivity index is 2.25. The molecule has 1 aromatic rings. The molecule has 0 fully saturated rings. The molecule has 0 bridgehead atoms.